The van der Waals surface area contributed by atoms with E-state index in [0.717, 1.165) is 10.6 Å². The van der Waals surface area contributed by atoms with Crippen LogP contribution in [0.25, 0.3) is 0 Å². The van der Waals surface area contributed by atoms with Crippen LogP contribution in [0.2, 0.25) is 0 Å². The molecule has 3 nitrogen and oxygen atoms in total. The Bertz CT molecular complexity index is 478. The highest BCUT2D eigenvalue weighted by molar-refractivity contribution is 7.99. The first kappa shape index (κ1) is 12.9. The molecule has 2 N–H and O–H groups in total. The number of rotatable bonds is 5. The summed E-state index contributed by atoms with van der Waals surface area (Å²) >= 11 is 1.70. The van der Waals surface area contributed by atoms with Gasteiger partial charge in [-0.3, -0.25) is 0 Å². The van der Waals surface area contributed by atoms with Crippen LogP contribution < -0.4 is 5.73 Å². The average Bonchev–Trinajstić information content (AvgIpc) is 3.09. The number of thioether (sulfide) groups is 1. The Morgan fingerprint density at radius 1 is 1.35 bits per heavy atom. The molecule has 0 radical (unpaired) electrons. The van der Waals surface area contributed by atoms with Crippen LogP contribution in [0.4, 0.5) is 0 Å². The Labute approximate surface area is 107 Å². The van der Waals surface area contributed by atoms with Gasteiger partial charge in [0.25, 0.3) is 0 Å². The lowest BCUT2D eigenvalue weighted by Gasteiger charge is -2.09. The van der Waals surface area contributed by atoms with E-state index in [2.05, 4.69) is 0 Å². The van der Waals surface area contributed by atoms with E-state index in [9.17, 15) is 8.42 Å². The Morgan fingerprint density at radius 3 is 2.41 bits per heavy atom. The van der Waals surface area contributed by atoms with Crippen LogP contribution in [-0.4, -0.2) is 26.5 Å². The molecule has 94 valence electrons. The van der Waals surface area contributed by atoms with Crippen molar-refractivity contribution in [2.75, 3.05) is 12.0 Å². The fraction of sp³-hybridized carbons (Fsp3) is 0.500. The summed E-state index contributed by atoms with van der Waals surface area (Å²) in [7, 11) is -3.09. The second-order valence-electron chi connectivity index (χ2n) is 4.56. The molecule has 0 spiro atoms. The lowest BCUT2D eigenvalue weighted by molar-refractivity contribution is 0.602. The Balaban J connectivity index is 1.93. The van der Waals surface area contributed by atoms with E-state index in [1.807, 2.05) is 12.1 Å². The molecule has 1 aromatic carbocycles. The highest BCUT2D eigenvalue weighted by atomic mass is 32.2. The zero-order chi connectivity index (χ0) is 12.5. The quantitative estimate of drug-likeness (QED) is 0.831. The van der Waals surface area contributed by atoms with Crippen LogP contribution in [0.3, 0.4) is 0 Å². The average molecular weight is 271 g/mol. The molecular formula is C12H17NO2S2. The zero-order valence-electron chi connectivity index (χ0n) is 9.80. The summed E-state index contributed by atoms with van der Waals surface area (Å²) in [5.41, 5.74) is 6.01. The van der Waals surface area contributed by atoms with E-state index in [-0.39, 0.29) is 6.04 Å². The normalized spacial score (nSPS) is 18.0. The molecule has 0 saturated heterocycles. The van der Waals surface area contributed by atoms with Gasteiger partial charge in [0, 0.05) is 22.9 Å². The summed E-state index contributed by atoms with van der Waals surface area (Å²) < 4.78 is 22.6. The first-order valence-electron chi connectivity index (χ1n) is 5.65. The maximum absolute atomic E-state index is 11.3. The maximum Gasteiger partial charge on any atom is 0.175 e. The molecule has 0 amide bonds. The second-order valence-corrected chi connectivity index (χ2v) is 7.67. The van der Waals surface area contributed by atoms with Gasteiger partial charge in [-0.2, -0.15) is 0 Å². The third-order valence-electron chi connectivity index (χ3n) is 2.92. The molecule has 1 saturated carbocycles. The lowest BCUT2D eigenvalue weighted by atomic mass is 10.2. The van der Waals surface area contributed by atoms with E-state index in [1.165, 1.54) is 19.1 Å². The maximum atomic E-state index is 11.3. The molecule has 0 bridgehead atoms. The smallest absolute Gasteiger partial charge is 0.175 e. The SMILES string of the molecule is CS(=O)(=O)c1ccc(SCC(N)C2CC2)cc1. The van der Waals surface area contributed by atoms with Crippen molar-refractivity contribution in [2.24, 2.45) is 11.7 Å². The van der Waals surface area contributed by atoms with Crippen LogP contribution in [0.1, 0.15) is 12.8 Å². The topological polar surface area (TPSA) is 60.2 Å². The van der Waals surface area contributed by atoms with E-state index in [1.54, 1.807) is 23.9 Å². The van der Waals surface area contributed by atoms with Gasteiger partial charge in [-0.15, -0.1) is 11.8 Å². The van der Waals surface area contributed by atoms with Gasteiger partial charge in [-0.1, -0.05) is 0 Å². The molecule has 17 heavy (non-hydrogen) atoms. The van der Waals surface area contributed by atoms with Gasteiger partial charge in [0.15, 0.2) is 9.84 Å². The van der Waals surface area contributed by atoms with Gasteiger partial charge in [-0.05, 0) is 43.0 Å². The molecule has 1 aliphatic rings. The van der Waals surface area contributed by atoms with Crippen molar-refractivity contribution < 1.29 is 8.42 Å². The van der Waals surface area contributed by atoms with Gasteiger partial charge in [0.1, 0.15) is 0 Å². The highest BCUT2D eigenvalue weighted by Gasteiger charge is 2.28. The molecule has 1 fully saturated rings. The summed E-state index contributed by atoms with van der Waals surface area (Å²) in [6.45, 7) is 0. The van der Waals surface area contributed by atoms with Crippen LogP contribution in [-0.2, 0) is 9.84 Å². The molecule has 0 aromatic heterocycles. The molecule has 0 aliphatic heterocycles. The minimum atomic E-state index is -3.09. The molecule has 0 heterocycles. The molecular weight excluding hydrogens is 254 g/mol. The molecule has 1 aromatic rings. The summed E-state index contributed by atoms with van der Waals surface area (Å²) in [4.78, 5) is 1.45. The first-order chi connectivity index (χ1) is 7.97. The number of nitrogens with two attached hydrogens (primary N) is 1. The summed E-state index contributed by atoms with van der Waals surface area (Å²) in [6, 6.07) is 7.27. The number of benzene rings is 1. The minimum Gasteiger partial charge on any atom is -0.327 e. The van der Waals surface area contributed by atoms with Crippen molar-refractivity contribution in [1.82, 2.24) is 0 Å². The highest BCUT2D eigenvalue weighted by Crippen LogP contribution is 2.34. The Kier molecular flexibility index (Phi) is 3.80. The van der Waals surface area contributed by atoms with E-state index in [4.69, 9.17) is 5.73 Å². The van der Waals surface area contributed by atoms with Crippen molar-refractivity contribution >= 4 is 21.6 Å². The number of sulfone groups is 1. The van der Waals surface area contributed by atoms with Crippen LogP contribution in [0.15, 0.2) is 34.1 Å². The number of hydrogen-bond donors (Lipinski definition) is 1. The van der Waals surface area contributed by atoms with Crippen molar-refractivity contribution in [2.45, 2.75) is 28.7 Å². The van der Waals surface area contributed by atoms with Crippen LogP contribution >= 0.6 is 11.8 Å². The largest absolute Gasteiger partial charge is 0.327 e. The Morgan fingerprint density at radius 2 is 1.94 bits per heavy atom. The van der Waals surface area contributed by atoms with E-state index >= 15 is 0 Å². The van der Waals surface area contributed by atoms with Crippen molar-refractivity contribution in [3.63, 3.8) is 0 Å². The lowest BCUT2D eigenvalue weighted by Crippen LogP contribution is -2.24. The number of hydrogen-bond acceptors (Lipinski definition) is 4. The van der Waals surface area contributed by atoms with Crippen LogP contribution in [0.5, 0.6) is 0 Å². The molecule has 2 rings (SSSR count). The van der Waals surface area contributed by atoms with Gasteiger partial charge >= 0.3 is 0 Å². The zero-order valence-corrected chi connectivity index (χ0v) is 11.4. The molecule has 1 unspecified atom stereocenters. The minimum absolute atomic E-state index is 0.273. The molecule has 1 atom stereocenters. The standard InChI is InChI=1S/C12H17NO2S2/c1-17(14,15)11-6-4-10(5-7-11)16-8-12(13)9-2-3-9/h4-7,9,12H,2-3,8,13H2,1H3. The monoisotopic (exact) mass is 271 g/mol. The predicted octanol–water partition coefficient (Wildman–Crippen LogP) is 1.92. The van der Waals surface area contributed by atoms with Gasteiger partial charge < -0.3 is 5.73 Å². The summed E-state index contributed by atoms with van der Waals surface area (Å²) in [5, 5.41) is 0. The van der Waals surface area contributed by atoms with Crippen molar-refractivity contribution in [3.8, 4) is 0 Å². The predicted molar refractivity (Wildman–Crippen MR) is 71.0 cm³/mol. The first-order valence-corrected chi connectivity index (χ1v) is 8.53. The van der Waals surface area contributed by atoms with E-state index < -0.39 is 9.84 Å². The molecule has 1 aliphatic carbocycles. The third-order valence-corrected chi connectivity index (χ3v) is 5.21. The Hall–Kier alpha value is -0.520. The summed E-state index contributed by atoms with van der Waals surface area (Å²) in [6.07, 6.45) is 3.74. The van der Waals surface area contributed by atoms with Gasteiger partial charge in [0.2, 0.25) is 0 Å². The fourth-order valence-electron chi connectivity index (χ4n) is 1.64. The van der Waals surface area contributed by atoms with Crippen molar-refractivity contribution in [3.05, 3.63) is 24.3 Å². The van der Waals surface area contributed by atoms with E-state index in [0.29, 0.717) is 10.8 Å². The second kappa shape index (κ2) is 5.00. The summed E-state index contributed by atoms with van der Waals surface area (Å²) in [5.74, 6) is 1.61. The molecule has 5 heteroatoms. The van der Waals surface area contributed by atoms with Crippen molar-refractivity contribution in [1.29, 1.82) is 0 Å². The third kappa shape index (κ3) is 3.72. The van der Waals surface area contributed by atoms with Crippen LogP contribution in [0, 0.1) is 5.92 Å². The van der Waals surface area contributed by atoms with Gasteiger partial charge in [0.05, 0.1) is 4.90 Å². The van der Waals surface area contributed by atoms with Gasteiger partial charge in [-0.25, -0.2) is 8.42 Å². The fourth-order valence-corrected chi connectivity index (χ4v) is 3.25.